The second-order valence-electron chi connectivity index (χ2n) is 5.38. The molecule has 118 valence electrons. The van der Waals surface area contributed by atoms with Crippen LogP contribution in [0.2, 0.25) is 0 Å². The van der Waals surface area contributed by atoms with Gasteiger partial charge in [0.25, 0.3) is 5.91 Å². The summed E-state index contributed by atoms with van der Waals surface area (Å²) in [5.74, 6) is -0.340. The topological polar surface area (TPSA) is 65.8 Å². The standard InChI is InChI=1S/C17H16BrN3O2/c1-2-15-10-17(23,13-4-3-9-19-11-13)21(20-15)16(22)12-5-7-14(18)8-6-12/h3-9,11,23H,2,10H2,1H3/t17-/m1/s1. The first-order valence-corrected chi connectivity index (χ1v) is 8.13. The van der Waals surface area contributed by atoms with Gasteiger partial charge in [-0.2, -0.15) is 10.1 Å². The van der Waals surface area contributed by atoms with Crippen LogP contribution in [0.5, 0.6) is 0 Å². The van der Waals surface area contributed by atoms with E-state index in [-0.39, 0.29) is 12.3 Å². The van der Waals surface area contributed by atoms with Crippen molar-refractivity contribution in [3.8, 4) is 0 Å². The number of aliphatic hydroxyl groups is 1. The Bertz CT molecular complexity index is 746. The Labute approximate surface area is 142 Å². The number of hydrogen-bond acceptors (Lipinski definition) is 4. The van der Waals surface area contributed by atoms with Crippen molar-refractivity contribution in [3.63, 3.8) is 0 Å². The number of pyridine rings is 1. The quantitative estimate of drug-likeness (QED) is 0.897. The molecule has 0 radical (unpaired) electrons. The van der Waals surface area contributed by atoms with E-state index in [4.69, 9.17) is 0 Å². The molecule has 1 N–H and O–H groups in total. The molecule has 1 aliphatic rings. The Morgan fingerprint density at radius 2 is 2.09 bits per heavy atom. The zero-order valence-electron chi connectivity index (χ0n) is 12.6. The molecule has 0 saturated carbocycles. The highest BCUT2D eigenvalue weighted by Crippen LogP contribution is 2.36. The molecule has 1 aromatic carbocycles. The Balaban J connectivity index is 2.01. The van der Waals surface area contributed by atoms with Crippen molar-refractivity contribution in [1.82, 2.24) is 9.99 Å². The maximum Gasteiger partial charge on any atom is 0.276 e. The number of benzene rings is 1. The minimum atomic E-state index is -1.50. The van der Waals surface area contributed by atoms with Crippen LogP contribution in [0, 0.1) is 0 Å². The Kier molecular flexibility index (Phi) is 4.28. The average Bonchev–Trinajstić information content (AvgIpc) is 2.94. The monoisotopic (exact) mass is 373 g/mol. The Hall–Kier alpha value is -2.05. The molecule has 23 heavy (non-hydrogen) atoms. The fourth-order valence-corrected chi connectivity index (χ4v) is 2.83. The maximum atomic E-state index is 12.8. The third kappa shape index (κ3) is 2.92. The zero-order valence-corrected chi connectivity index (χ0v) is 14.2. The lowest BCUT2D eigenvalue weighted by atomic mass is 9.97. The van der Waals surface area contributed by atoms with E-state index in [0.29, 0.717) is 17.5 Å². The molecule has 0 bridgehead atoms. The number of aromatic nitrogens is 1. The van der Waals surface area contributed by atoms with Crippen LogP contribution in [0.3, 0.4) is 0 Å². The van der Waals surface area contributed by atoms with Gasteiger partial charge in [-0.05, 0) is 36.8 Å². The number of hydrazone groups is 1. The minimum absolute atomic E-state index is 0.289. The molecule has 0 fully saturated rings. The molecule has 1 aliphatic heterocycles. The largest absolute Gasteiger partial charge is 0.365 e. The highest BCUT2D eigenvalue weighted by molar-refractivity contribution is 9.10. The number of rotatable bonds is 3. The molecule has 1 aromatic heterocycles. The number of carbonyl (C=O) groups is 1. The van der Waals surface area contributed by atoms with Crippen LogP contribution in [0.25, 0.3) is 0 Å². The highest BCUT2D eigenvalue weighted by Gasteiger charge is 2.45. The number of nitrogens with zero attached hydrogens (tertiary/aromatic N) is 3. The van der Waals surface area contributed by atoms with Crippen LogP contribution in [0.15, 0.2) is 58.4 Å². The zero-order chi connectivity index (χ0) is 16.4. The number of carbonyl (C=O) groups excluding carboxylic acids is 1. The molecule has 1 atom stereocenters. The molecular weight excluding hydrogens is 358 g/mol. The summed E-state index contributed by atoms with van der Waals surface area (Å²) in [6.07, 6.45) is 4.16. The summed E-state index contributed by atoms with van der Waals surface area (Å²) in [4.78, 5) is 16.9. The van der Waals surface area contributed by atoms with Gasteiger partial charge in [-0.1, -0.05) is 28.9 Å². The van der Waals surface area contributed by atoms with Gasteiger partial charge < -0.3 is 5.11 Å². The smallest absolute Gasteiger partial charge is 0.276 e. The van der Waals surface area contributed by atoms with Crippen molar-refractivity contribution in [1.29, 1.82) is 0 Å². The predicted molar refractivity (Wildman–Crippen MR) is 90.8 cm³/mol. The van der Waals surface area contributed by atoms with E-state index >= 15 is 0 Å². The van der Waals surface area contributed by atoms with Gasteiger partial charge in [0.15, 0.2) is 5.72 Å². The molecule has 0 saturated heterocycles. The molecule has 2 aromatic rings. The maximum absolute atomic E-state index is 12.8. The van der Waals surface area contributed by atoms with E-state index in [1.54, 1.807) is 48.8 Å². The molecule has 0 spiro atoms. The normalized spacial score (nSPS) is 20.5. The van der Waals surface area contributed by atoms with Gasteiger partial charge in [-0.25, -0.2) is 0 Å². The van der Waals surface area contributed by atoms with E-state index in [2.05, 4.69) is 26.0 Å². The van der Waals surface area contributed by atoms with Crippen molar-refractivity contribution in [3.05, 3.63) is 64.4 Å². The Morgan fingerprint density at radius 1 is 1.35 bits per heavy atom. The molecular formula is C17H16BrN3O2. The third-order valence-electron chi connectivity index (χ3n) is 3.86. The van der Waals surface area contributed by atoms with Crippen LogP contribution in [-0.4, -0.2) is 26.7 Å². The molecule has 3 rings (SSSR count). The second-order valence-corrected chi connectivity index (χ2v) is 6.29. The van der Waals surface area contributed by atoms with E-state index in [1.807, 2.05) is 6.92 Å². The summed E-state index contributed by atoms with van der Waals surface area (Å²) in [5.41, 5.74) is 0.306. The lowest BCUT2D eigenvalue weighted by molar-refractivity contribution is -0.0767. The van der Waals surface area contributed by atoms with Crippen molar-refractivity contribution in [2.24, 2.45) is 5.10 Å². The molecule has 0 unspecified atom stereocenters. The summed E-state index contributed by atoms with van der Waals surface area (Å²) >= 11 is 3.35. The van der Waals surface area contributed by atoms with Crippen LogP contribution in [0.4, 0.5) is 0 Å². The van der Waals surface area contributed by atoms with E-state index in [0.717, 1.165) is 10.2 Å². The molecule has 2 heterocycles. The molecule has 5 nitrogen and oxygen atoms in total. The fourth-order valence-electron chi connectivity index (χ4n) is 2.57. The van der Waals surface area contributed by atoms with Crippen LogP contribution in [-0.2, 0) is 5.72 Å². The van der Waals surface area contributed by atoms with Crippen molar-refractivity contribution >= 4 is 27.5 Å². The summed E-state index contributed by atoms with van der Waals surface area (Å²) in [7, 11) is 0. The minimum Gasteiger partial charge on any atom is -0.365 e. The summed E-state index contributed by atoms with van der Waals surface area (Å²) in [6, 6.07) is 10.5. The number of halogens is 1. The first-order chi connectivity index (χ1) is 11.0. The number of amides is 1. The first-order valence-electron chi connectivity index (χ1n) is 7.34. The van der Waals surface area contributed by atoms with Gasteiger partial charge in [0, 0.05) is 40.1 Å². The third-order valence-corrected chi connectivity index (χ3v) is 4.39. The average molecular weight is 374 g/mol. The van der Waals surface area contributed by atoms with Crippen molar-refractivity contribution in [2.75, 3.05) is 0 Å². The van der Waals surface area contributed by atoms with Crippen LogP contribution < -0.4 is 0 Å². The van der Waals surface area contributed by atoms with Gasteiger partial charge in [0.1, 0.15) is 0 Å². The van der Waals surface area contributed by atoms with Gasteiger partial charge in [0.2, 0.25) is 0 Å². The summed E-state index contributed by atoms with van der Waals surface area (Å²) in [6.45, 7) is 1.95. The lowest BCUT2D eigenvalue weighted by Gasteiger charge is -2.31. The van der Waals surface area contributed by atoms with E-state index < -0.39 is 5.72 Å². The van der Waals surface area contributed by atoms with Crippen LogP contribution in [0.1, 0.15) is 35.7 Å². The molecule has 1 amide bonds. The van der Waals surface area contributed by atoms with E-state index in [1.165, 1.54) is 5.01 Å². The summed E-state index contributed by atoms with van der Waals surface area (Å²) in [5, 5.41) is 16.7. The van der Waals surface area contributed by atoms with Crippen molar-refractivity contribution in [2.45, 2.75) is 25.5 Å². The van der Waals surface area contributed by atoms with Gasteiger partial charge in [-0.3, -0.25) is 9.78 Å². The van der Waals surface area contributed by atoms with E-state index in [9.17, 15) is 9.90 Å². The molecule has 0 aliphatic carbocycles. The van der Waals surface area contributed by atoms with Gasteiger partial charge >= 0.3 is 0 Å². The SMILES string of the molecule is CCC1=NN(C(=O)c2ccc(Br)cc2)[C@](O)(c2cccnc2)C1. The summed E-state index contributed by atoms with van der Waals surface area (Å²) < 4.78 is 0.885. The van der Waals surface area contributed by atoms with Crippen LogP contribution >= 0.6 is 15.9 Å². The lowest BCUT2D eigenvalue weighted by Crippen LogP contribution is -2.43. The van der Waals surface area contributed by atoms with Crippen molar-refractivity contribution < 1.29 is 9.90 Å². The number of hydrogen-bond donors (Lipinski definition) is 1. The fraction of sp³-hybridized carbons (Fsp3) is 0.235. The second kappa shape index (κ2) is 6.22. The van der Waals surface area contributed by atoms with Gasteiger partial charge in [-0.15, -0.1) is 0 Å². The Morgan fingerprint density at radius 3 is 2.70 bits per heavy atom. The predicted octanol–water partition coefficient (Wildman–Crippen LogP) is 3.30. The highest BCUT2D eigenvalue weighted by atomic mass is 79.9. The molecule has 6 heteroatoms. The first kappa shape index (κ1) is 15.8. The van der Waals surface area contributed by atoms with Gasteiger partial charge in [0.05, 0.1) is 0 Å².